The largest absolute Gasteiger partial charge is 0.352 e. The molecule has 1 heterocycles. The molecule has 0 saturated heterocycles. The molecular weight excluding hydrogens is 344 g/mol. The van der Waals surface area contributed by atoms with Gasteiger partial charge < -0.3 is 9.88 Å². The van der Waals surface area contributed by atoms with Gasteiger partial charge >= 0.3 is 0 Å². The molecule has 2 bridgehead atoms. The van der Waals surface area contributed by atoms with Crippen LogP contribution < -0.4 is 5.32 Å². The fourth-order valence-electron chi connectivity index (χ4n) is 4.45. The van der Waals surface area contributed by atoms with Gasteiger partial charge in [0.1, 0.15) is 5.82 Å². The maximum absolute atomic E-state index is 12.4. The van der Waals surface area contributed by atoms with Crippen LogP contribution in [0.15, 0.2) is 35.5 Å². The molecule has 26 heavy (non-hydrogen) atoms. The van der Waals surface area contributed by atoms with Gasteiger partial charge in [-0.1, -0.05) is 48.5 Å². The number of benzene rings is 1. The summed E-state index contributed by atoms with van der Waals surface area (Å²) in [5, 5.41) is 12.8. The maximum Gasteiger partial charge on any atom is 0.230 e. The normalized spacial score (nSPS) is 24.1. The zero-order valence-corrected chi connectivity index (χ0v) is 16.0. The van der Waals surface area contributed by atoms with Crippen molar-refractivity contribution in [3.8, 4) is 0 Å². The topological polar surface area (TPSA) is 59.8 Å². The molecule has 2 aliphatic rings. The molecule has 3 atom stereocenters. The molecule has 4 rings (SSSR count). The highest BCUT2D eigenvalue weighted by molar-refractivity contribution is 7.99. The fourth-order valence-corrected chi connectivity index (χ4v) is 5.29. The third-order valence-electron chi connectivity index (χ3n) is 5.73. The molecule has 1 aromatic carbocycles. The van der Waals surface area contributed by atoms with E-state index in [2.05, 4.69) is 39.1 Å². The van der Waals surface area contributed by atoms with Crippen LogP contribution in [0.1, 0.15) is 44.0 Å². The minimum Gasteiger partial charge on any atom is -0.352 e. The van der Waals surface area contributed by atoms with Crippen molar-refractivity contribution in [2.75, 3.05) is 5.75 Å². The van der Waals surface area contributed by atoms with Crippen LogP contribution in [0.4, 0.5) is 0 Å². The highest BCUT2D eigenvalue weighted by Gasteiger charge is 2.40. The smallest absolute Gasteiger partial charge is 0.230 e. The van der Waals surface area contributed by atoms with E-state index in [1.807, 2.05) is 18.2 Å². The maximum atomic E-state index is 12.4. The quantitative estimate of drug-likeness (QED) is 0.760. The summed E-state index contributed by atoms with van der Waals surface area (Å²) in [4.78, 5) is 12.4. The third-order valence-corrected chi connectivity index (χ3v) is 6.70. The summed E-state index contributed by atoms with van der Waals surface area (Å²) < 4.78 is 2.11. The molecule has 5 nitrogen and oxygen atoms in total. The van der Waals surface area contributed by atoms with Crippen LogP contribution in [0.2, 0.25) is 0 Å². The van der Waals surface area contributed by atoms with Crippen molar-refractivity contribution in [2.45, 2.75) is 56.8 Å². The Bertz CT molecular complexity index is 760. The van der Waals surface area contributed by atoms with Crippen molar-refractivity contribution < 1.29 is 4.79 Å². The monoisotopic (exact) mass is 370 g/mol. The number of carbonyl (C=O) groups excluding carboxylic acids is 1. The minimum absolute atomic E-state index is 0.128. The van der Waals surface area contributed by atoms with Crippen molar-refractivity contribution in [3.63, 3.8) is 0 Å². The number of fused-ring (bicyclic) bond motifs is 2. The summed E-state index contributed by atoms with van der Waals surface area (Å²) >= 11 is 1.49. The predicted molar refractivity (Wildman–Crippen MR) is 103 cm³/mol. The van der Waals surface area contributed by atoms with Gasteiger partial charge in [0, 0.05) is 19.0 Å². The molecule has 2 fully saturated rings. The summed E-state index contributed by atoms with van der Waals surface area (Å²) in [7, 11) is 0. The van der Waals surface area contributed by atoms with Crippen LogP contribution in [0.3, 0.4) is 0 Å². The lowest BCUT2D eigenvalue weighted by molar-refractivity contribution is -0.119. The summed E-state index contributed by atoms with van der Waals surface area (Å²) in [5.74, 6) is 3.06. The van der Waals surface area contributed by atoms with E-state index in [1.165, 1.54) is 43.0 Å². The molecule has 0 radical (unpaired) electrons. The molecule has 1 N–H and O–H groups in total. The second-order valence-corrected chi connectivity index (χ2v) is 8.39. The van der Waals surface area contributed by atoms with Gasteiger partial charge in [-0.2, -0.15) is 0 Å². The molecule has 2 saturated carbocycles. The number of amides is 1. The average Bonchev–Trinajstić information content (AvgIpc) is 3.36. The van der Waals surface area contributed by atoms with Crippen molar-refractivity contribution in [1.29, 1.82) is 0 Å². The summed E-state index contributed by atoms with van der Waals surface area (Å²) in [6.07, 6.45) is 5.89. The van der Waals surface area contributed by atoms with Gasteiger partial charge in [-0.25, -0.2) is 0 Å². The van der Waals surface area contributed by atoms with Gasteiger partial charge in [0.2, 0.25) is 5.91 Å². The number of nitrogens with one attached hydrogen (secondary N) is 1. The predicted octanol–water partition coefficient (Wildman–Crippen LogP) is 3.29. The van der Waals surface area contributed by atoms with E-state index in [0.29, 0.717) is 17.7 Å². The Morgan fingerprint density at radius 1 is 1.23 bits per heavy atom. The number of rotatable bonds is 7. The molecule has 138 valence electrons. The number of aromatic nitrogens is 3. The van der Waals surface area contributed by atoms with Crippen LogP contribution >= 0.6 is 11.8 Å². The average molecular weight is 371 g/mol. The minimum atomic E-state index is 0.128. The van der Waals surface area contributed by atoms with Gasteiger partial charge in [0.25, 0.3) is 0 Å². The van der Waals surface area contributed by atoms with Crippen LogP contribution in [0.5, 0.6) is 0 Å². The lowest BCUT2D eigenvalue weighted by atomic mass is 9.95. The Balaban J connectivity index is 1.33. The lowest BCUT2D eigenvalue weighted by Gasteiger charge is -2.22. The highest BCUT2D eigenvalue weighted by Crippen LogP contribution is 2.44. The molecule has 2 aliphatic carbocycles. The van der Waals surface area contributed by atoms with E-state index in [9.17, 15) is 4.79 Å². The second-order valence-electron chi connectivity index (χ2n) is 7.44. The van der Waals surface area contributed by atoms with Crippen LogP contribution in [-0.4, -0.2) is 32.5 Å². The van der Waals surface area contributed by atoms with Crippen LogP contribution in [-0.2, 0) is 17.8 Å². The molecule has 0 aliphatic heterocycles. The molecule has 1 amide bonds. The highest BCUT2D eigenvalue weighted by atomic mass is 32.2. The standard InChI is InChI=1S/C20H26N4OS/c1-2-24-18(12-14-6-4-3-5-7-14)22-23-20(24)26-13-19(25)21-17-11-15-8-9-16(17)10-15/h3-7,15-17H,2,8-13H2,1H3,(H,21,25). The number of nitrogens with zero attached hydrogens (tertiary/aromatic N) is 3. The first kappa shape index (κ1) is 17.6. The first-order valence-corrected chi connectivity index (χ1v) is 10.6. The van der Waals surface area contributed by atoms with E-state index >= 15 is 0 Å². The van der Waals surface area contributed by atoms with Gasteiger partial charge in [0.05, 0.1) is 5.75 Å². The first-order valence-electron chi connectivity index (χ1n) is 9.61. The van der Waals surface area contributed by atoms with Crippen molar-refractivity contribution in [2.24, 2.45) is 11.8 Å². The summed E-state index contributed by atoms with van der Waals surface area (Å²) in [6.45, 7) is 2.91. The number of carbonyl (C=O) groups is 1. The van der Waals surface area contributed by atoms with E-state index < -0.39 is 0 Å². The van der Waals surface area contributed by atoms with Crippen molar-refractivity contribution in [3.05, 3.63) is 41.7 Å². The van der Waals surface area contributed by atoms with Crippen molar-refractivity contribution in [1.82, 2.24) is 20.1 Å². The molecule has 2 aromatic rings. The Morgan fingerprint density at radius 2 is 2.08 bits per heavy atom. The third kappa shape index (κ3) is 3.80. The molecule has 6 heteroatoms. The molecule has 1 aromatic heterocycles. The second kappa shape index (κ2) is 7.82. The van der Waals surface area contributed by atoms with Crippen LogP contribution in [0.25, 0.3) is 0 Å². The summed E-state index contributed by atoms with van der Waals surface area (Å²) in [5.41, 5.74) is 1.22. The van der Waals surface area contributed by atoms with E-state index in [1.54, 1.807) is 0 Å². The lowest BCUT2D eigenvalue weighted by Crippen LogP contribution is -2.39. The molecular formula is C20H26N4OS. The SMILES string of the molecule is CCn1c(Cc2ccccc2)nnc1SCC(=O)NC1CC2CCC1C2. The fraction of sp³-hybridized carbons (Fsp3) is 0.550. The molecule has 3 unspecified atom stereocenters. The Kier molecular flexibility index (Phi) is 5.29. The van der Waals surface area contributed by atoms with Gasteiger partial charge in [-0.05, 0) is 43.6 Å². The van der Waals surface area contributed by atoms with Gasteiger partial charge in [0.15, 0.2) is 5.16 Å². The van der Waals surface area contributed by atoms with Crippen molar-refractivity contribution >= 4 is 17.7 Å². The Morgan fingerprint density at radius 3 is 2.77 bits per heavy atom. The van der Waals surface area contributed by atoms with Gasteiger partial charge in [-0.3, -0.25) is 4.79 Å². The van der Waals surface area contributed by atoms with Crippen LogP contribution in [0, 0.1) is 11.8 Å². The Labute approximate surface area is 159 Å². The summed E-state index contributed by atoms with van der Waals surface area (Å²) in [6, 6.07) is 10.7. The molecule has 0 spiro atoms. The number of hydrogen-bond donors (Lipinski definition) is 1. The Hall–Kier alpha value is -1.82. The zero-order chi connectivity index (χ0) is 17.9. The zero-order valence-electron chi connectivity index (χ0n) is 15.2. The number of thioether (sulfide) groups is 1. The number of hydrogen-bond acceptors (Lipinski definition) is 4. The van der Waals surface area contributed by atoms with E-state index in [4.69, 9.17) is 0 Å². The van der Waals surface area contributed by atoms with E-state index in [0.717, 1.165) is 29.9 Å². The van der Waals surface area contributed by atoms with Gasteiger partial charge in [-0.15, -0.1) is 10.2 Å². The van der Waals surface area contributed by atoms with E-state index in [-0.39, 0.29) is 5.91 Å². The first-order chi connectivity index (χ1) is 12.7.